The number of anilines is 1. The molecule has 2 aromatic heterocycles. The molecule has 248 valence electrons. The van der Waals surface area contributed by atoms with Gasteiger partial charge in [-0.05, 0) is 103 Å². The molecular weight excluding hydrogens is 604 g/mol. The Morgan fingerprint density at radius 2 is 1.74 bits per heavy atom. The van der Waals surface area contributed by atoms with Crippen LogP contribution < -0.4 is 25.1 Å². The van der Waals surface area contributed by atoms with Crippen molar-refractivity contribution in [1.29, 1.82) is 0 Å². The summed E-state index contributed by atoms with van der Waals surface area (Å²) >= 11 is 0. The predicted octanol–water partition coefficient (Wildman–Crippen LogP) is 6.43. The number of piperidine rings is 1. The molecule has 1 aliphatic rings. The lowest BCUT2D eigenvalue weighted by Crippen LogP contribution is -2.42. The van der Waals surface area contributed by atoms with Crippen LogP contribution in [0.2, 0.25) is 0 Å². The molecule has 0 saturated carbocycles. The molecule has 10 nitrogen and oxygen atoms in total. The zero-order chi connectivity index (χ0) is 33.1. The van der Waals surface area contributed by atoms with Crippen LogP contribution >= 0.6 is 0 Å². The topological polar surface area (TPSA) is 124 Å². The summed E-state index contributed by atoms with van der Waals surface area (Å²) in [6.45, 7) is 12.7. The summed E-state index contributed by atoms with van der Waals surface area (Å²) in [5.74, 6) is 2.17. The second kappa shape index (κ2) is 13.5. The molecule has 3 heterocycles. The number of aromatic nitrogens is 2. The first kappa shape index (κ1) is 33.6. The Morgan fingerprint density at radius 3 is 2.48 bits per heavy atom. The van der Waals surface area contributed by atoms with E-state index in [1.54, 1.807) is 44.6 Å². The van der Waals surface area contributed by atoms with E-state index in [9.17, 15) is 13.2 Å². The summed E-state index contributed by atoms with van der Waals surface area (Å²) in [4.78, 5) is 15.8. The number of hydrogen-bond acceptors (Lipinski definition) is 7. The van der Waals surface area contributed by atoms with Crippen molar-refractivity contribution in [3.05, 3.63) is 71.3 Å². The number of nitrogens with zero attached hydrogens (tertiary/aromatic N) is 1. The fourth-order valence-electron chi connectivity index (χ4n) is 5.92. The van der Waals surface area contributed by atoms with Gasteiger partial charge in [0.05, 0.1) is 18.0 Å². The van der Waals surface area contributed by atoms with Crippen LogP contribution in [0.15, 0.2) is 65.7 Å². The third-order valence-electron chi connectivity index (χ3n) is 8.75. The first-order chi connectivity index (χ1) is 21.8. The minimum absolute atomic E-state index is 0.0618. The molecule has 0 radical (unpaired) electrons. The summed E-state index contributed by atoms with van der Waals surface area (Å²) in [5, 5.41) is 4.13. The van der Waals surface area contributed by atoms with Gasteiger partial charge in [-0.1, -0.05) is 6.07 Å². The highest BCUT2D eigenvalue weighted by Gasteiger charge is 2.32. The summed E-state index contributed by atoms with van der Waals surface area (Å²) < 4.78 is 48.1. The van der Waals surface area contributed by atoms with Gasteiger partial charge in [-0.2, -0.15) is 0 Å². The van der Waals surface area contributed by atoms with Crippen molar-refractivity contribution >= 4 is 26.6 Å². The predicted molar refractivity (Wildman–Crippen MR) is 184 cm³/mol. The minimum atomic E-state index is -3.51. The second-order valence-electron chi connectivity index (χ2n) is 13.1. The number of H-pyrrole nitrogens is 1. The number of fused-ring (bicyclic) bond motifs is 1. The second-order valence-corrected chi connectivity index (χ2v) is 15.1. The fourth-order valence-corrected chi connectivity index (χ4v) is 6.55. The lowest BCUT2D eigenvalue weighted by molar-refractivity contribution is -0.0816. The Hall–Kier alpha value is -3.80. The Balaban J connectivity index is 1.37. The number of hydrogen-bond donors (Lipinski definition) is 3. The fraction of sp³-hybridized carbons (Fsp3) is 0.457. The lowest BCUT2D eigenvalue weighted by Gasteiger charge is -2.38. The number of pyridine rings is 1. The first-order valence-electron chi connectivity index (χ1n) is 15.9. The Kier molecular flexibility index (Phi) is 9.86. The van der Waals surface area contributed by atoms with E-state index in [0.29, 0.717) is 63.9 Å². The van der Waals surface area contributed by atoms with Gasteiger partial charge in [0, 0.05) is 54.1 Å². The van der Waals surface area contributed by atoms with Gasteiger partial charge in [0.2, 0.25) is 10.0 Å². The highest BCUT2D eigenvalue weighted by atomic mass is 32.2. The molecule has 1 fully saturated rings. The number of aromatic amines is 1. The number of ether oxygens (including phenoxy) is 3. The van der Waals surface area contributed by atoms with Gasteiger partial charge in [-0.25, -0.2) is 8.42 Å². The van der Waals surface area contributed by atoms with Crippen LogP contribution in [0, 0.1) is 5.92 Å². The van der Waals surface area contributed by atoms with E-state index in [4.69, 9.17) is 14.2 Å². The maximum atomic E-state index is 12.8. The van der Waals surface area contributed by atoms with Crippen molar-refractivity contribution in [2.75, 3.05) is 30.2 Å². The molecule has 0 amide bonds. The van der Waals surface area contributed by atoms with Gasteiger partial charge in [0.15, 0.2) is 0 Å². The first-order valence-corrected chi connectivity index (χ1v) is 17.6. The SMILES string of the molecule is CCS(=O)(=O)Nc1ccc(Oc2cccc(OC(C)(C)CCOC(C)(C)C3CCNCC3)c2)c(-c2cn(C)c(=O)c3[nH]ccc23)c1. The lowest BCUT2D eigenvalue weighted by atomic mass is 9.83. The van der Waals surface area contributed by atoms with Crippen LogP contribution in [0.25, 0.3) is 22.0 Å². The third kappa shape index (κ3) is 7.94. The van der Waals surface area contributed by atoms with Crippen LogP contribution in [0.3, 0.4) is 0 Å². The van der Waals surface area contributed by atoms with Crippen LogP contribution in [-0.2, 0) is 21.8 Å². The average molecular weight is 651 g/mol. The van der Waals surface area contributed by atoms with Crippen molar-refractivity contribution < 1.29 is 22.6 Å². The average Bonchev–Trinajstić information content (AvgIpc) is 3.50. The highest BCUT2D eigenvalue weighted by molar-refractivity contribution is 7.92. The quantitative estimate of drug-likeness (QED) is 0.152. The Bertz CT molecular complexity index is 1840. The zero-order valence-electron chi connectivity index (χ0n) is 27.6. The monoisotopic (exact) mass is 650 g/mol. The van der Waals surface area contributed by atoms with Crippen molar-refractivity contribution in [3.8, 4) is 28.4 Å². The summed E-state index contributed by atoms with van der Waals surface area (Å²) in [7, 11) is -1.84. The summed E-state index contributed by atoms with van der Waals surface area (Å²) in [5.41, 5.74) is 1.34. The molecule has 3 N–H and O–H groups in total. The zero-order valence-corrected chi connectivity index (χ0v) is 28.4. The molecule has 0 spiro atoms. The van der Waals surface area contributed by atoms with E-state index in [2.05, 4.69) is 42.7 Å². The minimum Gasteiger partial charge on any atom is -0.488 e. The molecule has 0 aliphatic carbocycles. The van der Waals surface area contributed by atoms with Gasteiger partial charge in [-0.15, -0.1) is 0 Å². The van der Waals surface area contributed by atoms with Gasteiger partial charge in [-0.3, -0.25) is 9.52 Å². The van der Waals surface area contributed by atoms with E-state index in [1.807, 2.05) is 30.3 Å². The van der Waals surface area contributed by atoms with E-state index < -0.39 is 15.6 Å². The standard InChI is InChI=1S/C35H46N4O6S/c1-7-46(41,42)38-25-11-12-31(29(21-25)30-23-39(6)33(40)32-28(30)15-19-37-32)44-26-9-8-10-27(22-26)45-34(2,3)16-20-43-35(4,5)24-13-17-36-18-14-24/h8-12,15,19,21-24,36-38H,7,13-14,16-18,20H2,1-6H3. The molecule has 11 heteroatoms. The Labute approximate surface area is 271 Å². The van der Waals surface area contributed by atoms with Gasteiger partial charge in [0.25, 0.3) is 5.56 Å². The Morgan fingerprint density at radius 1 is 1.00 bits per heavy atom. The van der Waals surface area contributed by atoms with E-state index in [1.165, 1.54) is 4.57 Å². The van der Waals surface area contributed by atoms with Gasteiger partial charge >= 0.3 is 0 Å². The normalized spacial score (nSPS) is 14.8. The number of rotatable bonds is 13. The largest absolute Gasteiger partial charge is 0.488 e. The van der Waals surface area contributed by atoms with Gasteiger partial charge < -0.3 is 29.1 Å². The van der Waals surface area contributed by atoms with Crippen molar-refractivity contribution in [2.45, 2.75) is 65.1 Å². The molecule has 2 aromatic carbocycles. The molecule has 46 heavy (non-hydrogen) atoms. The number of sulfonamides is 1. The number of aryl methyl sites for hydroxylation is 1. The van der Waals surface area contributed by atoms with Gasteiger partial charge in [0.1, 0.15) is 28.4 Å². The number of benzene rings is 2. The van der Waals surface area contributed by atoms with Crippen LogP contribution in [0.5, 0.6) is 17.2 Å². The van der Waals surface area contributed by atoms with Crippen molar-refractivity contribution in [1.82, 2.24) is 14.9 Å². The van der Waals surface area contributed by atoms with Crippen molar-refractivity contribution in [3.63, 3.8) is 0 Å². The maximum absolute atomic E-state index is 12.8. The van der Waals surface area contributed by atoms with E-state index in [0.717, 1.165) is 25.9 Å². The molecule has 1 aliphatic heterocycles. The molecule has 5 rings (SSSR count). The summed E-state index contributed by atoms with van der Waals surface area (Å²) in [6.07, 6.45) is 6.40. The van der Waals surface area contributed by atoms with Crippen LogP contribution in [-0.4, -0.2) is 54.6 Å². The number of nitrogens with one attached hydrogen (secondary N) is 3. The third-order valence-corrected chi connectivity index (χ3v) is 10.1. The molecule has 4 aromatic rings. The highest BCUT2D eigenvalue weighted by Crippen LogP contribution is 2.39. The van der Waals surface area contributed by atoms with Crippen LogP contribution in [0.1, 0.15) is 53.9 Å². The van der Waals surface area contributed by atoms with E-state index >= 15 is 0 Å². The van der Waals surface area contributed by atoms with Crippen molar-refractivity contribution in [2.24, 2.45) is 13.0 Å². The van der Waals surface area contributed by atoms with Crippen LogP contribution in [0.4, 0.5) is 5.69 Å². The molecule has 0 unspecified atom stereocenters. The smallest absolute Gasteiger partial charge is 0.274 e. The summed E-state index contributed by atoms with van der Waals surface area (Å²) in [6, 6.07) is 14.4. The molecule has 0 bridgehead atoms. The maximum Gasteiger partial charge on any atom is 0.274 e. The molecule has 0 atom stereocenters. The van der Waals surface area contributed by atoms with E-state index in [-0.39, 0.29) is 16.9 Å². The molecule has 1 saturated heterocycles. The molecular formula is C35H46N4O6S.